The summed E-state index contributed by atoms with van der Waals surface area (Å²) in [6, 6.07) is 0.142. The monoisotopic (exact) mass is 211 g/mol. The van der Waals surface area contributed by atoms with Crippen LogP contribution in [0.5, 0.6) is 0 Å². The van der Waals surface area contributed by atoms with Crippen molar-refractivity contribution in [1.82, 2.24) is 9.55 Å². The first-order valence-electron chi connectivity index (χ1n) is 5.53. The fourth-order valence-electron chi connectivity index (χ4n) is 1.41. The molecule has 1 atom stereocenters. The summed E-state index contributed by atoms with van der Waals surface area (Å²) in [7, 11) is 1.99. The molecule has 0 bridgehead atoms. The summed E-state index contributed by atoms with van der Waals surface area (Å²) in [5.41, 5.74) is 5.98. The van der Waals surface area contributed by atoms with Gasteiger partial charge in [0.25, 0.3) is 0 Å². The number of ether oxygens (including phenoxy) is 1. The Morgan fingerprint density at radius 1 is 1.53 bits per heavy atom. The van der Waals surface area contributed by atoms with Crippen LogP contribution in [0.4, 0.5) is 0 Å². The number of nitrogens with two attached hydrogens (primary N) is 1. The van der Waals surface area contributed by atoms with Crippen LogP contribution >= 0.6 is 0 Å². The van der Waals surface area contributed by atoms with Gasteiger partial charge in [-0.1, -0.05) is 6.92 Å². The first-order chi connectivity index (χ1) is 7.24. The van der Waals surface area contributed by atoms with Crippen molar-refractivity contribution in [3.05, 3.63) is 18.2 Å². The number of hydrogen-bond acceptors (Lipinski definition) is 3. The Morgan fingerprint density at radius 2 is 2.33 bits per heavy atom. The van der Waals surface area contributed by atoms with Gasteiger partial charge in [-0.15, -0.1) is 0 Å². The normalized spacial score (nSPS) is 13.0. The minimum absolute atomic E-state index is 0.142. The SMILES string of the molecule is CCCOCCC(N)Cc1nccn1C. The Balaban J connectivity index is 2.18. The molecular weight excluding hydrogens is 190 g/mol. The lowest BCUT2D eigenvalue weighted by molar-refractivity contribution is 0.127. The van der Waals surface area contributed by atoms with Gasteiger partial charge in [-0.2, -0.15) is 0 Å². The van der Waals surface area contributed by atoms with Crippen molar-refractivity contribution in [2.75, 3.05) is 13.2 Å². The van der Waals surface area contributed by atoms with Crippen molar-refractivity contribution in [2.45, 2.75) is 32.2 Å². The van der Waals surface area contributed by atoms with E-state index in [0.29, 0.717) is 0 Å². The van der Waals surface area contributed by atoms with Gasteiger partial charge in [-0.3, -0.25) is 0 Å². The highest BCUT2D eigenvalue weighted by atomic mass is 16.5. The van der Waals surface area contributed by atoms with Crippen molar-refractivity contribution >= 4 is 0 Å². The quantitative estimate of drug-likeness (QED) is 0.687. The van der Waals surface area contributed by atoms with E-state index in [1.54, 1.807) is 6.20 Å². The van der Waals surface area contributed by atoms with Crippen LogP contribution in [0.15, 0.2) is 12.4 Å². The third-order valence-electron chi connectivity index (χ3n) is 2.35. The predicted molar refractivity (Wildman–Crippen MR) is 60.6 cm³/mol. The molecule has 0 aliphatic rings. The average molecular weight is 211 g/mol. The molecule has 2 N–H and O–H groups in total. The molecule has 0 saturated carbocycles. The maximum atomic E-state index is 5.98. The molecule has 0 aliphatic carbocycles. The van der Waals surface area contributed by atoms with Crippen LogP contribution in [-0.4, -0.2) is 28.8 Å². The zero-order valence-corrected chi connectivity index (χ0v) is 9.65. The van der Waals surface area contributed by atoms with E-state index in [4.69, 9.17) is 10.5 Å². The van der Waals surface area contributed by atoms with Gasteiger partial charge < -0.3 is 15.0 Å². The molecule has 1 aromatic heterocycles. The zero-order chi connectivity index (χ0) is 11.1. The smallest absolute Gasteiger partial charge is 0.109 e. The van der Waals surface area contributed by atoms with Gasteiger partial charge in [-0.25, -0.2) is 4.98 Å². The number of nitrogens with zero attached hydrogens (tertiary/aromatic N) is 2. The van der Waals surface area contributed by atoms with Crippen molar-refractivity contribution in [3.63, 3.8) is 0 Å². The Hall–Kier alpha value is -0.870. The van der Waals surface area contributed by atoms with Crippen LogP contribution in [0.2, 0.25) is 0 Å². The second-order valence-corrected chi connectivity index (χ2v) is 3.82. The largest absolute Gasteiger partial charge is 0.381 e. The molecule has 0 spiro atoms. The summed E-state index contributed by atoms with van der Waals surface area (Å²) in [5, 5.41) is 0. The van der Waals surface area contributed by atoms with Crippen molar-refractivity contribution in [1.29, 1.82) is 0 Å². The van der Waals surface area contributed by atoms with Gasteiger partial charge >= 0.3 is 0 Å². The molecule has 1 aromatic rings. The highest BCUT2D eigenvalue weighted by Crippen LogP contribution is 2.01. The first kappa shape index (κ1) is 12.2. The molecule has 4 heteroatoms. The summed E-state index contributed by atoms with van der Waals surface area (Å²) in [6.07, 6.45) is 6.52. The lowest BCUT2D eigenvalue weighted by atomic mass is 10.1. The fourth-order valence-corrected chi connectivity index (χ4v) is 1.41. The van der Waals surface area contributed by atoms with Gasteiger partial charge in [0.15, 0.2) is 0 Å². The molecule has 0 aliphatic heterocycles. The fraction of sp³-hybridized carbons (Fsp3) is 0.727. The zero-order valence-electron chi connectivity index (χ0n) is 9.65. The molecule has 4 nitrogen and oxygen atoms in total. The molecule has 0 amide bonds. The number of aromatic nitrogens is 2. The van der Waals surface area contributed by atoms with Crippen LogP contribution in [-0.2, 0) is 18.2 Å². The van der Waals surface area contributed by atoms with E-state index in [1.807, 2.05) is 17.8 Å². The summed E-state index contributed by atoms with van der Waals surface area (Å²) in [4.78, 5) is 4.24. The predicted octanol–water partition coefficient (Wildman–Crippen LogP) is 1.11. The average Bonchev–Trinajstić information content (AvgIpc) is 2.59. The highest BCUT2D eigenvalue weighted by Gasteiger charge is 2.07. The van der Waals surface area contributed by atoms with E-state index in [1.165, 1.54) is 0 Å². The molecule has 86 valence electrons. The van der Waals surface area contributed by atoms with Gasteiger partial charge in [0.05, 0.1) is 0 Å². The van der Waals surface area contributed by atoms with Gasteiger partial charge in [0.2, 0.25) is 0 Å². The minimum Gasteiger partial charge on any atom is -0.381 e. The van der Waals surface area contributed by atoms with E-state index in [9.17, 15) is 0 Å². The summed E-state index contributed by atoms with van der Waals surface area (Å²) >= 11 is 0. The van der Waals surface area contributed by atoms with E-state index in [-0.39, 0.29) is 6.04 Å². The number of hydrogen-bond donors (Lipinski definition) is 1. The van der Waals surface area contributed by atoms with E-state index in [0.717, 1.165) is 38.3 Å². The van der Waals surface area contributed by atoms with E-state index < -0.39 is 0 Å². The molecular formula is C11H21N3O. The second-order valence-electron chi connectivity index (χ2n) is 3.82. The highest BCUT2D eigenvalue weighted by molar-refractivity contribution is 4.93. The second kappa shape index (κ2) is 6.58. The third kappa shape index (κ3) is 4.44. The van der Waals surface area contributed by atoms with E-state index >= 15 is 0 Å². The van der Waals surface area contributed by atoms with Gasteiger partial charge in [-0.05, 0) is 12.8 Å². The molecule has 0 saturated heterocycles. The summed E-state index contributed by atoms with van der Waals surface area (Å²) in [6.45, 7) is 3.68. The number of rotatable bonds is 7. The third-order valence-corrected chi connectivity index (χ3v) is 2.35. The van der Waals surface area contributed by atoms with Crippen LogP contribution in [0, 0.1) is 0 Å². The van der Waals surface area contributed by atoms with Crippen LogP contribution < -0.4 is 5.73 Å². The van der Waals surface area contributed by atoms with Crippen molar-refractivity contribution in [3.8, 4) is 0 Å². The lowest BCUT2D eigenvalue weighted by Crippen LogP contribution is -2.26. The summed E-state index contributed by atoms with van der Waals surface area (Å²) < 4.78 is 7.40. The van der Waals surface area contributed by atoms with Crippen LogP contribution in [0.3, 0.4) is 0 Å². The molecule has 1 heterocycles. The Morgan fingerprint density at radius 3 is 2.93 bits per heavy atom. The number of aryl methyl sites for hydroxylation is 1. The van der Waals surface area contributed by atoms with E-state index in [2.05, 4.69) is 11.9 Å². The van der Waals surface area contributed by atoms with Crippen LogP contribution in [0.25, 0.3) is 0 Å². The van der Waals surface area contributed by atoms with Gasteiger partial charge in [0.1, 0.15) is 5.82 Å². The van der Waals surface area contributed by atoms with Crippen LogP contribution in [0.1, 0.15) is 25.6 Å². The maximum Gasteiger partial charge on any atom is 0.109 e. The molecule has 0 fully saturated rings. The maximum absolute atomic E-state index is 5.98. The Bertz CT molecular complexity index is 273. The summed E-state index contributed by atoms with van der Waals surface area (Å²) in [5.74, 6) is 1.04. The Kier molecular flexibility index (Phi) is 5.36. The minimum atomic E-state index is 0.142. The lowest BCUT2D eigenvalue weighted by Gasteiger charge is -2.11. The first-order valence-corrected chi connectivity index (χ1v) is 5.53. The molecule has 1 rings (SSSR count). The molecule has 0 aromatic carbocycles. The topological polar surface area (TPSA) is 53.1 Å². The molecule has 1 unspecified atom stereocenters. The molecule has 0 radical (unpaired) electrons. The standard InChI is InChI=1S/C11H21N3O/c1-3-7-15-8-4-10(12)9-11-13-5-6-14(11)2/h5-6,10H,3-4,7-9,12H2,1-2H3. The van der Waals surface area contributed by atoms with Crippen molar-refractivity contribution in [2.24, 2.45) is 12.8 Å². The number of imidazole rings is 1. The Labute approximate surface area is 91.4 Å². The van der Waals surface area contributed by atoms with Gasteiger partial charge in [0, 0.05) is 45.1 Å². The van der Waals surface area contributed by atoms with Crippen molar-refractivity contribution < 1.29 is 4.74 Å². The molecule has 15 heavy (non-hydrogen) atoms.